The molecule has 26 heavy (non-hydrogen) atoms. The van der Waals surface area contributed by atoms with Crippen molar-refractivity contribution < 1.29 is 14.3 Å². The quantitative estimate of drug-likeness (QED) is 0.833. The number of likely N-dealkylation sites (tertiary alicyclic amines) is 1. The van der Waals surface area contributed by atoms with Crippen molar-refractivity contribution >= 4 is 5.91 Å². The molecule has 1 amide bonds. The van der Waals surface area contributed by atoms with Gasteiger partial charge in [0.05, 0.1) is 6.61 Å². The molecule has 2 fully saturated rings. The maximum absolute atomic E-state index is 12.4. The van der Waals surface area contributed by atoms with E-state index in [-0.39, 0.29) is 17.4 Å². The van der Waals surface area contributed by atoms with Crippen LogP contribution in [0.5, 0.6) is 5.75 Å². The molecule has 1 aromatic rings. The molecular weight excluding hydrogens is 328 g/mol. The van der Waals surface area contributed by atoms with Crippen LogP contribution in [0.4, 0.5) is 0 Å². The van der Waals surface area contributed by atoms with Crippen molar-refractivity contribution in [2.45, 2.75) is 49.7 Å². The van der Waals surface area contributed by atoms with E-state index in [1.807, 2.05) is 20.2 Å². The van der Waals surface area contributed by atoms with Gasteiger partial charge < -0.3 is 14.4 Å². The van der Waals surface area contributed by atoms with E-state index < -0.39 is 0 Å². The second-order valence-corrected chi connectivity index (χ2v) is 8.27. The van der Waals surface area contributed by atoms with Crippen LogP contribution in [0.3, 0.4) is 0 Å². The summed E-state index contributed by atoms with van der Waals surface area (Å²) in [6, 6.07) is 8.86. The van der Waals surface area contributed by atoms with Crippen LogP contribution >= 0.6 is 0 Å². The molecule has 3 aliphatic rings. The number of carbonyl (C=O) groups is 1. The van der Waals surface area contributed by atoms with Gasteiger partial charge in [0.2, 0.25) is 5.91 Å². The first-order chi connectivity index (χ1) is 12.6. The van der Waals surface area contributed by atoms with E-state index in [1.165, 1.54) is 5.56 Å². The number of nitrogens with zero attached hydrogens (tertiary/aromatic N) is 2. The fourth-order valence-corrected chi connectivity index (χ4v) is 4.73. The van der Waals surface area contributed by atoms with Gasteiger partial charge in [-0.15, -0.1) is 0 Å². The Bertz CT molecular complexity index is 646. The number of piperidine rings is 1. The third kappa shape index (κ3) is 3.47. The Hall–Kier alpha value is -1.59. The predicted octanol–water partition coefficient (Wildman–Crippen LogP) is 2.65. The van der Waals surface area contributed by atoms with Crippen LogP contribution in [0.15, 0.2) is 24.3 Å². The number of para-hydroxylation sites is 1. The Morgan fingerprint density at radius 1 is 1.27 bits per heavy atom. The summed E-state index contributed by atoms with van der Waals surface area (Å²) in [7, 11) is 3.68. The zero-order chi connectivity index (χ0) is 18.1. The number of hydrogen-bond acceptors (Lipinski definition) is 4. The molecule has 0 aliphatic carbocycles. The maximum atomic E-state index is 12.4. The van der Waals surface area contributed by atoms with Gasteiger partial charge in [0.15, 0.2) is 0 Å². The van der Waals surface area contributed by atoms with Gasteiger partial charge in [0.1, 0.15) is 11.4 Å². The fourth-order valence-electron chi connectivity index (χ4n) is 4.73. The highest BCUT2D eigenvalue weighted by atomic mass is 16.5. The third-order valence-electron chi connectivity index (χ3n) is 6.35. The first-order valence-corrected chi connectivity index (χ1v) is 9.86. The van der Waals surface area contributed by atoms with Gasteiger partial charge >= 0.3 is 0 Å². The van der Waals surface area contributed by atoms with Crippen molar-refractivity contribution in [2.75, 3.05) is 40.4 Å². The summed E-state index contributed by atoms with van der Waals surface area (Å²) in [5, 5.41) is 0. The van der Waals surface area contributed by atoms with Crippen molar-refractivity contribution in [3.05, 3.63) is 29.8 Å². The second kappa shape index (κ2) is 7.20. The van der Waals surface area contributed by atoms with Crippen molar-refractivity contribution in [2.24, 2.45) is 0 Å². The first kappa shape index (κ1) is 17.8. The molecule has 0 aromatic heterocycles. The van der Waals surface area contributed by atoms with Crippen molar-refractivity contribution in [1.82, 2.24) is 9.80 Å². The average molecular weight is 358 g/mol. The Morgan fingerprint density at radius 3 is 2.73 bits per heavy atom. The summed E-state index contributed by atoms with van der Waals surface area (Å²) < 4.78 is 12.1. The minimum atomic E-state index is -0.123. The highest BCUT2D eigenvalue weighted by Crippen LogP contribution is 2.46. The molecule has 3 heterocycles. The van der Waals surface area contributed by atoms with Gasteiger partial charge in [-0.05, 0) is 37.3 Å². The monoisotopic (exact) mass is 358 g/mol. The maximum Gasteiger partial charge on any atom is 0.222 e. The van der Waals surface area contributed by atoms with E-state index in [1.54, 1.807) is 4.90 Å². The number of rotatable bonds is 3. The topological polar surface area (TPSA) is 42.0 Å². The van der Waals surface area contributed by atoms with Crippen molar-refractivity contribution in [3.63, 3.8) is 0 Å². The highest BCUT2D eigenvalue weighted by molar-refractivity contribution is 5.76. The molecule has 0 bridgehead atoms. The molecule has 2 atom stereocenters. The third-order valence-corrected chi connectivity index (χ3v) is 6.35. The molecule has 0 unspecified atom stereocenters. The molecule has 1 aromatic carbocycles. The normalized spacial score (nSPS) is 27.8. The largest absolute Gasteiger partial charge is 0.487 e. The standard InChI is InChI=1S/C21H30N2O3/c1-22(2)20(24)13-16-14-21(26-19-6-4-3-5-18(16)19)8-10-23(11-9-21)17-7-12-25-15-17/h3-6,16-17H,7-15H2,1-2H3/t16-,17+/m1/s1. The molecular formula is C21H30N2O3. The van der Waals surface area contributed by atoms with E-state index in [0.29, 0.717) is 12.5 Å². The number of fused-ring (bicyclic) bond motifs is 1. The van der Waals surface area contributed by atoms with Gasteiger partial charge in [-0.25, -0.2) is 0 Å². The molecule has 2 saturated heterocycles. The van der Waals surface area contributed by atoms with Crippen molar-refractivity contribution in [3.8, 4) is 5.75 Å². The van der Waals surface area contributed by atoms with E-state index in [0.717, 1.165) is 57.7 Å². The van der Waals surface area contributed by atoms with Gasteiger partial charge in [-0.2, -0.15) is 0 Å². The van der Waals surface area contributed by atoms with E-state index in [9.17, 15) is 4.79 Å². The van der Waals surface area contributed by atoms with E-state index in [2.05, 4.69) is 23.1 Å². The van der Waals surface area contributed by atoms with Crippen LogP contribution in [0.25, 0.3) is 0 Å². The van der Waals surface area contributed by atoms with Crippen LogP contribution in [0.1, 0.15) is 43.6 Å². The molecule has 0 saturated carbocycles. The molecule has 0 radical (unpaired) electrons. The van der Waals surface area contributed by atoms with Crippen LogP contribution in [0, 0.1) is 0 Å². The summed E-state index contributed by atoms with van der Waals surface area (Å²) in [4.78, 5) is 16.7. The summed E-state index contributed by atoms with van der Waals surface area (Å²) in [6.07, 6.45) is 4.72. The molecule has 5 nitrogen and oxygen atoms in total. The number of hydrogen-bond donors (Lipinski definition) is 0. The van der Waals surface area contributed by atoms with Crippen molar-refractivity contribution in [1.29, 1.82) is 0 Å². The molecule has 4 rings (SSSR count). The minimum Gasteiger partial charge on any atom is -0.487 e. The number of benzene rings is 1. The molecule has 5 heteroatoms. The van der Waals surface area contributed by atoms with Gasteiger partial charge in [0, 0.05) is 52.2 Å². The summed E-state index contributed by atoms with van der Waals surface area (Å²) in [5.41, 5.74) is 1.07. The summed E-state index contributed by atoms with van der Waals surface area (Å²) >= 11 is 0. The molecule has 3 aliphatic heterocycles. The van der Waals surface area contributed by atoms with Crippen LogP contribution in [0.2, 0.25) is 0 Å². The second-order valence-electron chi connectivity index (χ2n) is 8.27. The fraction of sp³-hybridized carbons (Fsp3) is 0.667. The lowest BCUT2D eigenvalue weighted by Crippen LogP contribution is -2.53. The Balaban J connectivity index is 1.50. The van der Waals surface area contributed by atoms with Gasteiger partial charge in [-0.3, -0.25) is 9.69 Å². The zero-order valence-corrected chi connectivity index (χ0v) is 15.9. The lowest BCUT2D eigenvalue weighted by atomic mass is 9.76. The Kier molecular flexibility index (Phi) is 4.93. The highest BCUT2D eigenvalue weighted by Gasteiger charge is 2.44. The van der Waals surface area contributed by atoms with Crippen LogP contribution < -0.4 is 4.74 Å². The van der Waals surface area contributed by atoms with Gasteiger partial charge in [-0.1, -0.05) is 18.2 Å². The molecule has 0 N–H and O–H groups in total. The van der Waals surface area contributed by atoms with Crippen LogP contribution in [-0.2, 0) is 9.53 Å². The number of amides is 1. The SMILES string of the molecule is CN(C)C(=O)C[C@@H]1CC2(CCN([C@H]3CCOC3)CC2)Oc2ccccc21. The molecule has 1 spiro atoms. The van der Waals surface area contributed by atoms with Gasteiger partial charge in [0.25, 0.3) is 0 Å². The lowest BCUT2D eigenvalue weighted by molar-refractivity contribution is -0.129. The van der Waals surface area contributed by atoms with E-state index in [4.69, 9.17) is 9.47 Å². The van der Waals surface area contributed by atoms with Crippen LogP contribution in [-0.4, -0.2) is 67.7 Å². The number of ether oxygens (including phenoxy) is 2. The minimum absolute atomic E-state index is 0.123. The van der Waals surface area contributed by atoms with E-state index >= 15 is 0 Å². The first-order valence-electron chi connectivity index (χ1n) is 9.86. The Morgan fingerprint density at radius 2 is 2.04 bits per heavy atom. The lowest BCUT2D eigenvalue weighted by Gasteiger charge is -2.48. The predicted molar refractivity (Wildman–Crippen MR) is 101 cm³/mol. The summed E-state index contributed by atoms with van der Waals surface area (Å²) in [6.45, 7) is 3.89. The smallest absolute Gasteiger partial charge is 0.222 e. The Labute approximate surface area is 156 Å². The number of carbonyl (C=O) groups excluding carboxylic acids is 1. The summed E-state index contributed by atoms with van der Waals surface area (Å²) in [5.74, 6) is 1.42. The molecule has 142 valence electrons. The average Bonchev–Trinajstić information content (AvgIpc) is 3.17. The zero-order valence-electron chi connectivity index (χ0n) is 15.9.